The van der Waals surface area contributed by atoms with Gasteiger partial charge in [0.1, 0.15) is 0 Å². The zero-order chi connectivity index (χ0) is 17.4. The van der Waals surface area contributed by atoms with Crippen molar-refractivity contribution in [2.24, 2.45) is 4.99 Å². The average Bonchev–Trinajstić information content (AvgIpc) is 2.60. The Labute approximate surface area is 147 Å². The number of aromatic nitrogens is 1. The molecule has 3 nitrogen and oxygen atoms in total. The predicted octanol–water partition coefficient (Wildman–Crippen LogP) is 4.63. The molecule has 0 unspecified atom stereocenters. The van der Waals surface area contributed by atoms with Crippen molar-refractivity contribution in [1.82, 2.24) is 4.98 Å². The minimum Gasteiger partial charge on any atom is -0.294 e. The van der Waals surface area contributed by atoms with Gasteiger partial charge in [-0.3, -0.25) is 14.8 Å². The molecule has 0 fully saturated rings. The Hall–Kier alpha value is -2.81. The van der Waals surface area contributed by atoms with Crippen molar-refractivity contribution in [1.29, 1.82) is 0 Å². The normalized spacial score (nSPS) is 15.5. The highest BCUT2D eigenvalue weighted by atomic mass is 16.1. The Morgan fingerprint density at radius 1 is 1.04 bits per heavy atom. The van der Waals surface area contributed by atoms with Crippen LogP contribution in [0.25, 0.3) is 10.9 Å². The molecule has 3 heteroatoms. The van der Waals surface area contributed by atoms with Crippen LogP contribution in [0, 0.1) is 0 Å². The van der Waals surface area contributed by atoms with E-state index in [9.17, 15) is 4.79 Å². The van der Waals surface area contributed by atoms with Crippen LogP contribution in [0.5, 0.6) is 0 Å². The number of carbonyl (C=O) groups is 1. The second kappa shape index (κ2) is 5.92. The lowest BCUT2D eigenvalue weighted by molar-refractivity contribution is 0.100. The summed E-state index contributed by atoms with van der Waals surface area (Å²) in [6.07, 6.45) is 2.93. The lowest BCUT2D eigenvalue weighted by atomic mass is 9.85. The minimum atomic E-state index is -0.180. The standard InChI is InChI=1S/C22H20N2O/c1-22(2)14-16-7-3-4-10-17(16)19(24-22)13-20(25)18-11-5-8-15-9-6-12-23-21(15)18/h3-12H,13-14H2,1-2H3. The summed E-state index contributed by atoms with van der Waals surface area (Å²) in [5.41, 5.74) is 4.50. The van der Waals surface area contributed by atoms with E-state index in [0.29, 0.717) is 12.0 Å². The zero-order valence-electron chi connectivity index (χ0n) is 14.5. The molecule has 124 valence electrons. The van der Waals surface area contributed by atoms with Crippen molar-refractivity contribution in [3.8, 4) is 0 Å². The van der Waals surface area contributed by atoms with E-state index in [0.717, 1.165) is 28.6 Å². The summed E-state index contributed by atoms with van der Waals surface area (Å²) in [6, 6.07) is 17.9. The van der Waals surface area contributed by atoms with Crippen LogP contribution >= 0.6 is 0 Å². The highest BCUT2D eigenvalue weighted by Gasteiger charge is 2.27. The molecule has 1 aliphatic rings. The van der Waals surface area contributed by atoms with E-state index in [-0.39, 0.29) is 11.3 Å². The molecule has 0 radical (unpaired) electrons. The molecule has 0 aliphatic carbocycles. The van der Waals surface area contributed by atoms with Crippen LogP contribution in [-0.4, -0.2) is 22.0 Å². The van der Waals surface area contributed by atoms with E-state index in [1.165, 1.54) is 5.56 Å². The molecule has 0 saturated heterocycles. The molecule has 3 aromatic rings. The molecule has 1 aliphatic heterocycles. The van der Waals surface area contributed by atoms with Crippen LogP contribution in [0.3, 0.4) is 0 Å². The Balaban J connectivity index is 1.74. The Morgan fingerprint density at radius 2 is 1.84 bits per heavy atom. The molecule has 1 aromatic heterocycles. The molecular formula is C22H20N2O. The number of hydrogen-bond acceptors (Lipinski definition) is 3. The van der Waals surface area contributed by atoms with Crippen LogP contribution in [0.4, 0.5) is 0 Å². The van der Waals surface area contributed by atoms with Gasteiger partial charge in [-0.05, 0) is 43.5 Å². The predicted molar refractivity (Wildman–Crippen MR) is 101 cm³/mol. The van der Waals surface area contributed by atoms with Gasteiger partial charge in [0.25, 0.3) is 0 Å². The third-order valence-corrected chi connectivity index (χ3v) is 4.65. The Morgan fingerprint density at radius 3 is 2.72 bits per heavy atom. The highest BCUT2D eigenvalue weighted by molar-refractivity contribution is 6.19. The molecule has 4 rings (SSSR count). The number of para-hydroxylation sites is 1. The van der Waals surface area contributed by atoms with Crippen molar-refractivity contribution in [3.63, 3.8) is 0 Å². The number of carbonyl (C=O) groups excluding carboxylic acids is 1. The van der Waals surface area contributed by atoms with Crippen LogP contribution in [-0.2, 0) is 6.42 Å². The summed E-state index contributed by atoms with van der Waals surface area (Å²) in [6.45, 7) is 4.24. The summed E-state index contributed by atoms with van der Waals surface area (Å²) in [5.74, 6) is 0.0653. The van der Waals surface area contributed by atoms with Crippen LogP contribution in [0.2, 0.25) is 0 Å². The van der Waals surface area contributed by atoms with Crippen LogP contribution in [0.1, 0.15) is 41.8 Å². The number of fused-ring (bicyclic) bond motifs is 2. The first-order valence-corrected chi connectivity index (χ1v) is 8.57. The lowest BCUT2D eigenvalue weighted by Crippen LogP contribution is -2.30. The van der Waals surface area contributed by atoms with Crippen LogP contribution < -0.4 is 0 Å². The van der Waals surface area contributed by atoms with Crippen molar-refractivity contribution in [2.45, 2.75) is 32.2 Å². The maximum absolute atomic E-state index is 13.0. The topological polar surface area (TPSA) is 42.3 Å². The number of ketones is 1. The fourth-order valence-electron chi connectivity index (χ4n) is 3.60. The molecule has 0 saturated carbocycles. The first-order valence-electron chi connectivity index (χ1n) is 8.57. The van der Waals surface area contributed by atoms with Gasteiger partial charge >= 0.3 is 0 Å². The van der Waals surface area contributed by atoms with E-state index in [1.54, 1.807) is 6.20 Å². The molecule has 2 heterocycles. The number of hydrogen-bond donors (Lipinski definition) is 0. The second-order valence-corrected chi connectivity index (χ2v) is 7.19. The highest BCUT2D eigenvalue weighted by Crippen LogP contribution is 2.29. The number of Topliss-reactive ketones (excluding diaryl/α,β-unsaturated/α-hetero) is 1. The summed E-state index contributed by atoms with van der Waals surface area (Å²) < 4.78 is 0. The molecular weight excluding hydrogens is 308 g/mol. The van der Waals surface area contributed by atoms with Gasteiger partial charge in [0.05, 0.1) is 23.2 Å². The van der Waals surface area contributed by atoms with E-state index in [4.69, 9.17) is 4.99 Å². The molecule has 0 amide bonds. The van der Waals surface area contributed by atoms with Crippen molar-refractivity contribution >= 4 is 22.4 Å². The first kappa shape index (κ1) is 15.7. The fourth-order valence-corrected chi connectivity index (χ4v) is 3.60. The third-order valence-electron chi connectivity index (χ3n) is 4.65. The minimum absolute atomic E-state index is 0.0653. The van der Waals surface area contributed by atoms with E-state index < -0.39 is 0 Å². The van der Waals surface area contributed by atoms with Crippen LogP contribution in [0.15, 0.2) is 65.8 Å². The van der Waals surface area contributed by atoms with Gasteiger partial charge in [0, 0.05) is 17.1 Å². The second-order valence-electron chi connectivity index (χ2n) is 7.19. The number of pyridine rings is 1. The number of nitrogens with zero attached hydrogens (tertiary/aromatic N) is 2. The average molecular weight is 328 g/mol. The van der Waals surface area contributed by atoms with E-state index in [2.05, 4.69) is 31.0 Å². The van der Waals surface area contributed by atoms with Gasteiger partial charge in [-0.2, -0.15) is 0 Å². The van der Waals surface area contributed by atoms with Gasteiger partial charge < -0.3 is 0 Å². The summed E-state index contributed by atoms with van der Waals surface area (Å²) in [4.78, 5) is 22.3. The fraction of sp³-hybridized carbons (Fsp3) is 0.227. The van der Waals surface area contributed by atoms with Crippen molar-refractivity contribution in [2.75, 3.05) is 0 Å². The molecule has 0 N–H and O–H groups in total. The number of rotatable bonds is 3. The third kappa shape index (κ3) is 2.98. The summed E-state index contributed by atoms with van der Waals surface area (Å²) >= 11 is 0. The van der Waals surface area contributed by atoms with Crippen molar-refractivity contribution < 1.29 is 4.79 Å². The maximum atomic E-state index is 13.0. The Bertz CT molecular complexity index is 996. The SMILES string of the molecule is CC1(C)Cc2ccccc2C(CC(=O)c2cccc3cccnc23)=N1. The molecule has 0 spiro atoms. The molecule has 0 atom stereocenters. The number of benzene rings is 2. The largest absolute Gasteiger partial charge is 0.294 e. The molecule has 2 aromatic carbocycles. The van der Waals surface area contributed by atoms with Gasteiger partial charge in [-0.15, -0.1) is 0 Å². The smallest absolute Gasteiger partial charge is 0.171 e. The van der Waals surface area contributed by atoms with Gasteiger partial charge in [0.15, 0.2) is 5.78 Å². The van der Waals surface area contributed by atoms with E-state index in [1.807, 2.05) is 42.5 Å². The van der Waals surface area contributed by atoms with Crippen molar-refractivity contribution in [3.05, 3.63) is 77.5 Å². The number of aliphatic imine (C=N–C) groups is 1. The zero-order valence-corrected chi connectivity index (χ0v) is 14.5. The quantitative estimate of drug-likeness (QED) is 0.658. The monoisotopic (exact) mass is 328 g/mol. The molecule has 0 bridgehead atoms. The summed E-state index contributed by atoms with van der Waals surface area (Å²) in [5, 5.41) is 0.986. The van der Waals surface area contributed by atoms with Gasteiger partial charge in [-0.1, -0.05) is 42.5 Å². The maximum Gasteiger partial charge on any atom is 0.171 e. The summed E-state index contributed by atoms with van der Waals surface area (Å²) in [7, 11) is 0. The molecule has 25 heavy (non-hydrogen) atoms. The van der Waals surface area contributed by atoms with E-state index >= 15 is 0 Å². The first-order chi connectivity index (χ1) is 12.0. The Kier molecular flexibility index (Phi) is 3.72. The van der Waals surface area contributed by atoms with Gasteiger partial charge in [0.2, 0.25) is 0 Å². The van der Waals surface area contributed by atoms with Gasteiger partial charge in [-0.25, -0.2) is 0 Å². The lowest BCUT2D eigenvalue weighted by Gasteiger charge is -2.29.